The number of aryl methyl sites for hydroxylation is 1. The van der Waals surface area contributed by atoms with Gasteiger partial charge in [0.25, 0.3) is 5.91 Å². The van der Waals surface area contributed by atoms with Crippen LogP contribution in [0.15, 0.2) is 69.2 Å². The number of thiazole rings is 1. The number of amides is 1. The second kappa shape index (κ2) is 7.61. The molecule has 1 aliphatic rings. The zero-order chi connectivity index (χ0) is 19.7. The van der Waals surface area contributed by atoms with E-state index in [0.717, 1.165) is 11.3 Å². The van der Waals surface area contributed by atoms with Gasteiger partial charge in [-0.1, -0.05) is 53.6 Å². The molecule has 1 amide bonds. The fourth-order valence-corrected chi connectivity index (χ4v) is 3.66. The Labute approximate surface area is 171 Å². The molecule has 6 nitrogen and oxygen atoms in total. The van der Waals surface area contributed by atoms with Gasteiger partial charge >= 0.3 is 0 Å². The molecular formula is C20H16ClN5OS. The van der Waals surface area contributed by atoms with Crippen molar-refractivity contribution < 1.29 is 4.79 Å². The molecule has 0 unspecified atom stereocenters. The highest BCUT2D eigenvalue weighted by Gasteiger charge is 2.36. The summed E-state index contributed by atoms with van der Waals surface area (Å²) in [5, 5.41) is 16.8. The van der Waals surface area contributed by atoms with Crippen LogP contribution in [0.2, 0.25) is 5.02 Å². The van der Waals surface area contributed by atoms with Gasteiger partial charge in [0.2, 0.25) is 5.13 Å². The molecule has 2 heterocycles. The fraction of sp³-hybridized carbons (Fsp3) is 0.150. The number of hydrogen-bond acceptors (Lipinski definition) is 6. The number of hydrogen-bond donors (Lipinski definition) is 0. The van der Waals surface area contributed by atoms with Crippen LogP contribution in [0.25, 0.3) is 11.3 Å². The van der Waals surface area contributed by atoms with Crippen LogP contribution in [0.1, 0.15) is 12.5 Å². The molecule has 0 fully saturated rings. The van der Waals surface area contributed by atoms with Gasteiger partial charge in [-0.3, -0.25) is 4.79 Å². The van der Waals surface area contributed by atoms with Gasteiger partial charge in [-0.15, -0.1) is 11.3 Å². The summed E-state index contributed by atoms with van der Waals surface area (Å²) in [6.07, 6.45) is 0. The van der Waals surface area contributed by atoms with Gasteiger partial charge in [0.05, 0.1) is 16.4 Å². The Hall–Kier alpha value is -2.90. The SMILES string of the molecule is CC1=NN(c2nc(-c3ccc(C)cc3)cs2)C(=O)[C@@H]1N=Nc1ccccc1Cl. The van der Waals surface area contributed by atoms with Crippen molar-refractivity contribution in [3.8, 4) is 11.3 Å². The number of azo groups is 1. The monoisotopic (exact) mass is 409 g/mol. The third kappa shape index (κ3) is 3.58. The molecule has 0 radical (unpaired) electrons. The minimum absolute atomic E-state index is 0.280. The lowest BCUT2D eigenvalue weighted by molar-refractivity contribution is -0.117. The second-order valence-electron chi connectivity index (χ2n) is 6.34. The highest BCUT2D eigenvalue weighted by Crippen LogP contribution is 2.31. The quantitative estimate of drug-likeness (QED) is 0.522. The molecule has 4 rings (SSSR count). The summed E-state index contributed by atoms with van der Waals surface area (Å²) in [7, 11) is 0. The lowest BCUT2D eigenvalue weighted by Crippen LogP contribution is -2.29. The van der Waals surface area contributed by atoms with E-state index in [1.807, 2.05) is 48.7 Å². The third-order valence-corrected chi connectivity index (χ3v) is 5.39. The molecule has 28 heavy (non-hydrogen) atoms. The summed E-state index contributed by atoms with van der Waals surface area (Å²) in [5.74, 6) is -0.280. The molecule has 0 spiro atoms. The van der Waals surface area contributed by atoms with Gasteiger partial charge in [0.15, 0.2) is 6.04 Å². The number of rotatable bonds is 4. The van der Waals surface area contributed by atoms with Crippen LogP contribution in [0, 0.1) is 6.92 Å². The predicted octanol–water partition coefficient (Wildman–Crippen LogP) is 5.65. The molecule has 0 saturated carbocycles. The molecule has 140 valence electrons. The lowest BCUT2D eigenvalue weighted by Gasteiger charge is -2.08. The zero-order valence-corrected chi connectivity index (χ0v) is 16.8. The minimum Gasteiger partial charge on any atom is -0.269 e. The molecule has 0 bridgehead atoms. The molecule has 0 N–H and O–H groups in total. The Balaban J connectivity index is 1.55. The Bertz CT molecular complexity index is 1090. The molecule has 2 aromatic carbocycles. The van der Waals surface area contributed by atoms with E-state index in [0.29, 0.717) is 21.6 Å². The summed E-state index contributed by atoms with van der Waals surface area (Å²) in [6.45, 7) is 3.79. The summed E-state index contributed by atoms with van der Waals surface area (Å²) in [4.78, 5) is 17.4. The zero-order valence-electron chi connectivity index (χ0n) is 15.2. The minimum atomic E-state index is -0.775. The van der Waals surface area contributed by atoms with E-state index in [-0.39, 0.29) is 5.91 Å². The molecule has 8 heteroatoms. The van der Waals surface area contributed by atoms with Crippen LogP contribution in [-0.4, -0.2) is 22.6 Å². The van der Waals surface area contributed by atoms with Gasteiger partial charge in [0.1, 0.15) is 5.69 Å². The summed E-state index contributed by atoms with van der Waals surface area (Å²) >= 11 is 7.45. The number of anilines is 1. The van der Waals surface area contributed by atoms with Crippen LogP contribution < -0.4 is 5.01 Å². The molecule has 1 atom stereocenters. The smallest absolute Gasteiger partial charge is 0.269 e. The Morgan fingerprint density at radius 1 is 1.11 bits per heavy atom. The standard InChI is InChI=1S/C20H16ClN5OS/c1-12-7-9-14(10-8-12)17-11-28-20(22-17)26-19(27)18(13(2)25-26)24-23-16-6-4-3-5-15(16)21/h3-11,18H,1-2H3/t18-/m1/s1. The Morgan fingerprint density at radius 2 is 1.86 bits per heavy atom. The van der Waals surface area contributed by atoms with E-state index in [1.165, 1.54) is 21.9 Å². The number of aromatic nitrogens is 1. The van der Waals surface area contributed by atoms with Crippen molar-refractivity contribution in [3.05, 3.63) is 64.5 Å². The Morgan fingerprint density at radius 3 is 2.61 bits per heavy atom. The van der Waals surface area contributed by atoms with Crippen molar-refractivity contribution in [3.63, 3.8) is 0 Å². The number of carbonyl (C=O) groups is 1. The fourth-order valence-electron chi connectivity index (χ4n) is 2.70. The van der Waals surface area contributed by atoms with Crippen molar-refractivity contribution in [2.24, 2.45) is 15.3 Å². The number of halogens is 1. The highest BCUT2D eigenvalue weighted by molar-refractivity contribution is 7.14. The van der Waals surface area contributed by atoms with Crippen molar-refractivity contribution in [2.45, 2.75) is 19.9 Å². The Kier molecular flexibility index (Phi) is 5.02. The maximum Gasteiger partial charge on any atom is 0.282 e. The third-order valence-electron chi connectivity index (χ3n) is 4.25. The predicted molar refractivity (Wildman–Crippen MR) is 113 cm³/mol. The molecule has 1 aliphatic heterocycles. The summed E-state index contributed by atoms with van der Waals surface area (Å²) in [5.41, 5.74) is 4.06. The molecule has 3 aromatic rings. The topological polar surface area (TPSA) is 70.3 Å². The van der Waals surface area contributed by atoms with Crippen LogP contribution >= 0.6 is 22.9 Å². The van der Waals surface area contributed by atoms with Crippen LogP contribution in [0.5, 0.6) is 0 Å². The van der Waals surface area contributed by atoms with Gasteiger partial charge in [-0.25, -0.2) is 4.98 Å². The first-order valence-electron chi connectivity index (χ1n) is 8.60. The normalized spacial score (nSPS) is 16.8. The van der Waals surface area contributed by atoms with E-state index >= 15 is 0 Å². The van der Waals surface area contributed by atoms with Crippen LogP contribution in [-0.2, 0) is 4.79 Å². The molecule has 0 saturated heterocycles. The second-order valence-corrected chi connectivity index (χ2v) is 7.59. The lowest BCUT2D eigenvalue weighted by atomic mass is 10.1. The molecular weight excluding hydrogens is 394 g/mol. The average molecular weight is 410 g/mol. The maximum atomic E-state index is 12.8. The molecule has 0 aliphatic carbocycles. The number of nitrogens with zero attached hydrogens (tertiary/aromatic N) is 5. The summed E-state index contributed by atoms with van der Waals surface area (Å²) in [6, 6.07) is 14.4. The largest absolute Gasteiger partial charge is 0.282 e. The van der Waals surface area contributed by atoms with Crippen LogP contribution in [0.4, 0.5) is 10.8 Å². The van der Waals surface area contributed by atoms with Crippen LogP contribution in [0.3, 0.4) is 0 Å². The van der Waals surface area contributed by atoms with E-state index < -0.39 is 6.04 Å². The van der Waals surface area contributed by atoms with Gasteiger partial charge < -0.3 is 0 Å². The average Bonchev–Trinajstić information content (AvgIpc) is 3.27. The number of hydrazone groups is 1. The maximum absolute atomic E-state index is 12.8. The highest BCUT2D eigenvalue weighted by atomic mass is 35.5. The van der Waals surface area contributed by atoms with Gasteiger partial charge in [-0.05, 0) is 26.0 Å². The number of benzene rings is 2. The number of carbonyl (C=O) groups excluding carboxylic acids is 1. The van der Waals surface area contributed by atoms with E-state index in [9.17, 15) is 4.79 Å². The van der Waals surface area contributed by atoms with E-state index in [4.69, 9.17) is 11.6 Å². The van der Waals surface area contributed by atoms with Gasteiger partial charge in [-0.2, -0.15) is 20.3 Å². The van der Waals surface area contributed by atoms with E-state index in [2.05, 4.69) is 20.3 Å². The van der Waals surface area contributed by atoms with Crippen molar-refractivity contribution in [1.82, 2.24) is 4.98 Å². The van der Waals surface area contributed by atoms with Gasteiger partial charge in [0, 0.05) is 10.9 Å². The van der Waals surface area contributed by atoms with Crippen molar-refractivity contribution >= 4 is 45.4 Å². The first-order chi connectivity index (χ1) is 13.5. The van der Waals surface area contributed by atoms with E-state index in [1.54, 1.807) is 19.1 Å². The molecule has 1 aromatic heterocycles. The first-order valence-corrected chi connectivity index (χ1v) is 9.86. The first kappa shape index (κ1) is 18.5. The summed E-state index contributed by atoms with van der Waals surface area (Å²) < 4.78 is 0. The van der Waals surface area contributed by atoms with Crippen molar-refractivity contribution in [1.29, 1.82) is 0 Å². The van der Waals surface area contributed by atoms with Crippen molar-refractivity contribution in [2.75, 3.05) is 5.01 Å².